The SMILES string of the molecule is CC(=O)NCCNCC(O)COCC1CCCO1. The predicted octanol–water partition coefficient (Wildman–Crippen LogP) is -0.731. The van der Waals surface area contributed by atoms with Gasteiger partial charge in [0.25, 0.3) is 0 Å². The Labute approximate surface area is 108 Å². The van der Waals surface area contributed by atoms with Gasteiger partial charge >= 0.3 is 0 Å². The smallest absolute Gasteiger partial charge is 0.216 e. The van der Waals surface area contributed by atoms with E-state index in [0.717, 1.165) is 19.4 Å². The van der Waals surface area contributed by atoms with Crippen LogP contribution < -0.4 is 10.6 Å². The van der Waals surface area contributed by atoms with E-state index in [1.807, 2.05) is 0 Å². The Kier molecular flexibility index (Phi) is 7.91. The number of carbonyl (C=O) groups excluding carboxylic acids is 1. The number of hydrogen-bond donors (Lipinski definition) is 3. The van der Waals surface area contributed by atoms with Crippen molar-refractivity contribution in [3.63, 3.8) is 0 Å². The highest BCUT2D eigenvalue weighted by molar-refractivity contribution is 5.72. The lowest BCUT2D eigenvalue weighted by Crippen LogP contribution is -2.36. The third kappa shape index (κ3) is 7.60. The molecule has 1 fully saturated rings. The maximum atomic E-state index is 10.6. The van der Waals surface area contributed by atoms with Crippen molar-refractivity contribution in [3.8, 4) is 0 Å². The summed E-state index contributed by atoms with van der Waals surface area (Å²) in [5.41, 5.74) is 0. The van der Waals surface area contributed by atoms with Gasteiger partial charge in [0, 0.05) is 33.2 Å². The molecule has 0 saturated carbocycles. The van der Waals surface area contributed by atoms with Crippen LogP contribution in [0.1, 0.15) is 19.8 Å². The van der Waals surface area contributed by atoms with Gasteiger partial charge in [0.05, 0.1) is 25.4 Å². The number of rotatable bonds is 9. The zero-order chi connectivity index (χ0) is 13.2. The zero-order valence-electron chi connectivity index (χ0n) is 11.0. The van der Waals surface area contributed by atoms with Crippen molar-refractivity contribution in [2.24, 2.45) is 0 Å². The molecule has 1 rings (SSSR count). The molecule has 1 amide bonds. The van der Waals surface area contributed by atoms with Crippen LogP contribution in [0.3, 0.4) is 0 Å². The summed E-state index contributed by atoms with van der Waals surface area (Å²) in [5, 5.41) is 15.3. The normalized spacial score (nSPS) is 20.9. The Bertz CT molecular complexity index is 232. The minimum absolute atomic E-state index is 0.0442. The maximum Gasteiger partial charge on any atom is 0.216 e. The third-order valence-corrected chi connectivity index (χ3v) is 2.69. The highest BCUT2D eigenvalue weighted by atomic mass is 16.5. The molecule has 0 aromatic rings. The van der Waals surface area contributed by atoms with Crippen molar-refractivity contribution in [2.75, 3.05) is 39.5 Å². The Morgan fingerprint density at radius 2 is 2.39 bits per heavy atom. The Balaban J connectivity index is 1.87. The van der Waals surface area contributed by atoms with Crippen LogP contribution in [-0.2, 0) is 14.3 Å². The third-order valence-electron chi connectivity index (χ3n) is 2.69. The molecule has 1 saturated heterocycles. The summed E-state index contributed by atoms with van der Waals surface area (Å²) >= 11 is 0. The van der Waals surface area contributed by atoms with Gasteiger partial charge in [-0.2, -0.15) is 0 Å². The zero-order valence-corrected chi connectivity index (χ0v) is 11.0. The first-order chi connectivity index (χ1) is 8.68. The van der Waals surface area contributed by atoms with Gasteiger partial charge in [-0.15, -0.1) is 0 Å². The van der Waals surface area contributed by atoms with Crippen LogP contribution in [0.2, 0.25) is 0 Å². The van der Waals surface area contributed by atoms with E-state index in [4.69, 9.17) is 9.47 Å². The largest absolute Gasteiger partial charge is 0.389 e. The molecule has 3 N–H and O–H groups in total. The van der Waals surface area contributed by atoms with Crippen molar-refractivity contribution in [1.29, 1.82) is 0 Å². The van der Waals surface area contributed by atoms with Gasteiger partial charge in [-0.3, -0.25) is 4.79 Å². The quantitative estimate of drug-likeness (QED) is 0.476. The highest BCUT2D eigenvalue weighted by Gasteiger charge is 2.15. The monoisotopic (exact) mass is 260 g/mol. The van der Waals surface area contributed by atoms with Gasteiger partial charge in [0.2, 0.25) is 5.91 Å². The molecular weight excluding hydrogens is 236 g/mol. The molecule has 0 aliphatic carbocycles. The van der Waals surface area contributed by atoms with Crippen LogP contribution in [0.5, 0.6) is 0 Å². The molecule has 1 aliphatic heterocycles. The fourth-order valence-electron chi connectivity index (χ4n) is 1.77. The number of hydrogen-bond acceptors (Lipinski definition) is 5. The van der Waals surface area contributed by atoms with Crippen molar-refractivity contribution in [3.05, 3.63) is 0 Å². The van der Waals surface area contributed by atoms with E-state index in [1.54, 1.807) is 0 Å². The van der Waals surface area contributed by atoms with Crippen LogP contribution in [0, 0.1) is 0 Å². The molecule has 2 atom stereocenters. The second-order valence-corrected chi connectivity index (χ2v) is 4.51. The molecule has 2 unspecified atom stereocenters. The lowest BCUT2D eigenvalue weighted by atomic mass is 10.2. The molecule has 18 heavy (non-hydrogen) atoms. The summed E-state index contributed by atoms with van der Waals surface area (Å²) in [4.78, 5) is 10.6. The van der Waals surface area contributed by atoms with Crippen LogP contribution >= 0.6 is 0 Å². The number of carbonyl (C=O) groups is 1. The van der Waals surface area contributed by atoms with E-state index in [-0.39, 0.29) is 12.0 Å². The molecule has 6 nitrogen and oxygen atoms in total. The second-order valence-electron chi connectivity index (χ2n) is 4.51. The molecule has 0 aromatic carbocycles. The summed E-state index contributed by atoms with van der Waals surface area (Å²) in [6.45, 7) is 4.84. The summed E-state index contributed by atoms with van der Waals surface area (Å²) in [7, 11) is 0. The van der Waals surface area contributed by atoms with E-state index >= 15 is 0 Å². The van der Waals surface area contributed by atoms with Crippen LogP contribution in [-0.4, -0.2) is 62.7 Å². The van der Waals surface area contributed by atoms with E-state index < -0.39 is 6.10 Å². The lowest BCUT2D eigenvalue weighted by molar-refractivity contribution is -0.118. The number of aliphatic hydroxyl groups excluding tert-OH is 1. The molecular formula is C12H24N2O4. The average molecular weight is 260 g/mol. The predicted molar refractivity (Wildman–Crippen MR) is 67.4 cm³/mol. The Morgan fingerprint density at radius 3 is 3.06 bits per heavy atom. The second kappa shape index (κ2) is 9.27. The van der Waals surface area contributed by atoms with Crippen molar-refractivity contribution in [2.45, 2.75) is 32.0 Å². The summed E-state index contributed by atoms with van der Waals surface area (Å²) in [5.74, 6) is -0.0442. The molecule has 0 radical (unpaired) electrons. The van der Waals surface area contributed by atoms with Gasteiger partial charge in [-0.25, -0.2) is 0 Å². The summed E-state index contributed by atoms with van der Waals surface area (Å²) in [6, 6.07) is 0. The standard InChI is InChI=1S/C12H24N2O4/c1-10(15)14-5-4-13-7-11(16)8-17-9-12-3-2-6-18-12/h11-13,16H,2-9H2,1H3,(H,14,15). The first-order valence-corrected chi connectivity index (χ1v) is 6.51. The fraction of sp³-hybridized carbons (Fsp3) is 0.917. The molecule has 106 valence electrons. The van der Waals surface area contributed by atoms with Crippen LogP contribution in [0.25, 0.3) is 0 Å². The Morgan fingerprint density at radius 1 is 1.56 bits per heavy atom. The van der Waals surface area contributed by atoms with Gasteiger partial charge in [0.15, 0.2) is 0 Å². The van der Waals surface area contributed by atoms with Gasteiger partial charge in [-0.1, -0.05) is 0 Å². The van der Waals surface area contributed by atoms with Crippen LogP contribution in [0.4, 0.5) is 0 Å². The molecule has 1 heterocycles. The van der Waals surface area contributed by atoms with E-state index in [0.29, 0.717) is 32.8 Å². The number of nitrogens with one attached hydrogen (secondary N) is 2. The first kappa shape index (κ1) is 15.4. The van der Waals surface area contributed by atoms with Gasteiger partial charge in [0.1, 0.15) is 0 Å². The summed E-state index contributed by atoms with van der Waals surface area (Å²) < 4.78 is 10.8. The molecule has 0 aromatic heterocycles. The number of aliphatic hydroxyl groups is 1. The average Bonchev–Trinajstić information content (AvgIpc) is 2.81. The molecule has 0 spiro atoms. The molecule has 0 bridgehead atoms. The summed E-state index contributed by atoms with van der Waals surface area (Å²) in [6.07, 6.45) is 1.82. The van der Waals surface area contributed by atoms with Crippen LogP contribution in [0.15, 0.2) is 0 Å². The molecule has 1 aliphatic rings. The van der Waals surface area contributed by atoms with Crippen molar-refractivity contribution in [1.82, 2.24) is 10.6 Å². The minimum Gasteiger partial charge on any atom is -0.389 e. The van der Waals surface area contributed by atoms with Gasteiger partial charge in [-0.05, 0) is 12.8 Å². The fourth-order valence-corrected chi connectivity index (χ4v) is 1.77. The molecule has 6 heteroatoms. The number of ether oxygens (including phenoxy) is 2. The van der Waals surface area contributed by atoms with E-state index in [9.17, 15) is 9.90 Å². The maximum absolute atomic E-state index is 10.6. The first-order valence-electron chi connectivity index (χ1n) is 6.51. The number of amides is 1. The van der Waals surface area contributed by atoms with E-state index in [1.165, 1.54) is 6.92 Å². The highest BCUT2D eigenvalue weighted by Crippen LogP contribution is 2.11. The van der Waals surface area contributed by atoms with Crippen molar-refractivity contribution >= 4 is 5.91 Å². The van der Waals surface area contributed by atoms with Crippen molar-refractivity contribution < 1.29 is 19.4 Å². The Hall–Kier alpha value is -0.690. The van der Waals surface area contributed by atoms with E-state index in [2.05, 4.69) is 10.6 Å². The minimum atomic E-state index is -0.524. The van der Waals surface area contributed by atoms with Gasteiger partial charge < -0.3 is 25.2 Å². The topological polar surface area (TPSA) is 79.8 Å². The lowest BCUT2D eigenvalue weighted by Gasteiger charge is -2.14.